The van der Waals surface area contributed by atoms with Crippen molar-refractivity contribution in [2.45, 2.75) is 31.4 Å². The van der Waals surface area contributed by atoms with E-state index in [1.54, 1.807) is 23.9 Å². The highest BCUT2D eigenvalue weighted by Gasteiger charge is 2.36. The highest BCUT2D eigenvalue weighted by molar-refractivity contribution is 7.99. The third kappa shape index (κ3) is 5.06. The number of aliphatic hydroxyl groups is 1. The summed E-state index contributed by atoms with van der Waals surface area (Å²) in [5.74, 6) is 4.10. The molecule has 0 radical (unpaired) electrons. The fourth-order valence-electron chi connectivity index (χ4n) is 1.94. The molecule has 0 aliphatic heterocycles. The van der Waals surface area contributed by atoms with Gasteiger partial charge in [0.2, 0.25) is 0 Å². The van der Waals surface area contributed by atoms with Gasteiger partial charge in [-0.05, 0) is 30.1 Å². The van der Waals surface area contributed by atoms with Crippen molar-refractivity contribution in [3.8, 4) is 0 Å². The van der Waals surface area contributed by atoms with Crippen molar-refractivity contribution in [3.63, 3.8) is 0 Å². The van der Waals surface area contributed by atoms with Crippen molar-refractivity contribution in [2.24, 2.45) is 11.6 Å². The summed E-state index contributed by atoms with van der Waals surface area (Å²) in [6.07, 6.45) is 0.496. The Morgan fingerprint density at radius 3 is 2.73 bits per heavy atom. The number of hydrogen-bond donors (Lipinski definition) is 4. The molecule has 6 N–H and O–H groups in total. The lowest BCUT2D eigenvalue weighted by Gasteiger charge is -2.22. The molecule has 0 aromatic carbocycles. The lowest BCUT2D eigenvalue weighted by molar-refractivity contribution is -0.136. The Morgan fingerprint density at radius 2 is 2.18 bits per heavy atom. The predicted molar refractivity (Wildman–Crippen MR) is 85.9 cm³/mol. The van der Waals surface area contributed by atoms with Crippen LogP contribution in [0.5, 0.6) is 0 Å². The van der Waals surface area contributed by atoms with Gasteiger partial charge in [-0.25, -0.2) is 5.84 Å². The maximum atomic E-state index is 12.4. The molecule has 1 aromatic rings. The van der Waals surface area contributed by atoms with Gasteiger partial charge in [0.25, 0.3) is 5.91 Å². The Morgan fingerprint density at radius 1 is 1.45 bits per heavy atom. The van der Waals surface area contributed by atoms with Crippen LogP contribution in [0.3, 0.4) is 0 Å². The third-order valence-electron chi connectivity index (χ3n) is 3.17. The number of amides is 1. The monoisotopic (exact) mass is 326 g/mol. The van der Waals surface area contributed by atoms with Crippen LogP contribution in [0.2, 0.25) is 0 Å². The summed E-state index contributed by atoms with van der Waals surface area (Å²) >= 11 is 1.67. The van der Waals surface area contributed by atoms with Gasteiger partial charge in [0.1, 0.15) is 12.0 Å². The number of ketones is 1. The lowest BCUT2D eigenvalue weighted by Crippen LogP contribution is -2.47. The van der Waals surface area contributed by atoms with Gasteiger partial charge in [-0.15, -0.1) is 0 Å². The zero-order valence-electron chi connectivity index (χ0n) is 12.4. The van der Waals surface area contributed by atoms with Crippen molar-refractivity contribution in [1.82, 2.24) is 10.4 Å². The average molecular weight is 326 g/mol. The minimum absolute atomic E-state index is 0.227. The van der Waals surface area contributed by atoms with Crippen molar-refractivity contribution in [2.75, 3.05) is 11.5 Å². The number of aliphatic hydroxyl groups excluding tert-OH is 1. The standard InChI is InChI=1S/C14H22N4O3S/c1-2-22-8-6-9(15)12(19)13(20)11(14(21)18-16)10-5-3-4-7-17-10/h3-5,7,9,11-12,19H,2,6,8,15-16H2,1H3,(H,18,21)/t9-,11?,12?/m1/s1. The second kappa shape index (κ2) is 9.52. The first-order chi connectivity index (χ1) is 10.5. The molecule has 1 rings (SSSR count). The summed E-state index contributed by atoms with van der Waals surface area (Å²) in [4.78, 5) is 28.3. The number of rotatable bonds is 9. The number of carbonyl (C=O) groups is 2. The van der Waals surface area contributed by atoms with Crippen LogP contribution >= 0.6 is 11.8 Å². The predicted octanol–water partition coefficient (Wildman–Crippen LogP) is -0.444. The van der Waals surface area contributed by atoms with Crippen LogP contribution in [0, 0.1) is 0 Å². The van der Waals surface area contributed by atoms with Gasteiger partial charge >= 0.3 is 0 Å². The Bertz CT molecular complexity index is 486. The van der Waals surface area contributed by atoms with E-state index in [2.05, 4.69) is 4.98 Å². The van der Waals surface area contributed by atoms with E-state index < -0.39 is 29.8 Å². The van der Waals surface area contributed by atoms with Crippen LogP contribution in [0.15, 0.2) is 24.4 Å². The van der Waals surface area contributed by atoms with E-state index >= 15 is 0 Å². The average Bonchev–Trinajstić information content (AvgIpc) is 2.55. The number of pyridine rings is 1. The SMILES string of the molecule is CCSCC[C@@H](N)C(O)C(=O)C(C(=O)NN)c1ccccn1. The Balaban J connectivity index is 2.86. The first-order valence-electron chi connectivity index (χ1n) is 6.99. The van der Waals surface area contributed by atoms with E-state index in [0.717, 1.165) is 11.5 Å². The second-order valence-electron chi connectivity index (χ2n) is 4.69. The molecule has 0 fully saturated rings. The van der Waals surface area contributed by atoms with Crippen LogP contribution in [0.4, 0.5) is 0 Å². The third-order valence-corrected chi connectivity index (χ3v) is 4.10. The first kappa shape index (κ1) is 18.6. The quantitative estimate of drug-likeness (QED) is 0.159. The van der Waals surface area contributed by atoms with Crippen LogP contribution < -0.4 is 17.0 Å². The van der Waals surface area contributed by atoms with E-state index in [4.69, 9.17) is 11.6 Å². The molecule has 7 nitrogen and oxygen atoms in total. The number of nitrogens with one attached hydrogen (secondary N) is 1. The van der Waals surface area contributed by atoms with Gasteiger partial charge in [-0.2, -0.15) is 11.8 Å². The smallest absolute Gasteiger partial charge is 0.250 e. The number of aromatic nitrogens is 1. The van der Waals surface area contributed by atoms with Crippen LogP contribution in [0.25, 0.3) is 0 Å². The second-order valence-corrected chi connectivity index (χ2v) is 6.09. The zero-order valence-corrected chi connectivity index (χ0v) is 13.3. The molecule has 1 amide bonds. The van der Waals surface area contributed by atoms with Crippen molar-refractivity contribution in [1.29, 1.82) is 0 Å². The van der Waals surface area contributed by atoms with E-state index in [9.17, 15) is 14.7 Å². The Kier molecular flexibility index (Phi) is 8.03. The molecule has 22 heavy (non-hydrogen) atoms. The summed E-state index contributed by atoms with van der Waals surface area (Å²) in [6, 6.07) is 4.11. The Hall–Kier alpha value is -1.48. The molecule has 1 aromatic heterocycles. The molecule has 0 spiro atoms. The number of thioether (sulfide) groups is 1. The summed E-state index contributed by atoms with van der Waals surface area (Å²) in [5, 5.41) is 10.1. The minimum Gasteiger partial charge on any atom is -0.384 e. The minimum atomic E-state index is -1.44. The molecular weight excluding hydrogens is 304 g/mol. The van der Waals surface area contributed by atoms with Gasteiger partial charge in [0.05, 0.1) is 5.69 Å². The molecule has 122 valence electrons. The first-order valence-corrected chi connectivity index (χ1v) is 8.14. The van der Waals surface area contributed by atoms with Crippen molar-refractivity contribution < 1.29 is 14.7 Å². The summed E-state index contributed by atoms with van der Waals surface area (Å²) in [6.45, 7) is 2.01. The fourth-order valence-corrected chi connectivity index (χ4v) is 2.67. The van der Waals surface area contributed by atoms with Crippen molar-refractivity contribution >= 4 is 23.5 Å². The fraction of sp³-hybridized carbons (Fsp3) is 0.500. The summed E-state index contributed by atoms with van der Waals surface area (Å²) in [7, 11) is 0. The summed E-state index contributed by atoms with van der Waals surface area (Å²) < 4.78 is 0. The van der Waals surface area contributed by atoms with Crippen molar-refractivity contribution in [3.05, 3.63) is 30.1 Å². The topological polar surface area (TPSA) is 131 Å². The molecule has 3 atom stereocenters. The van der Waals surface area contributed by atoms with Crippen LogP contribution in [-0.4, -0.2) is 45.4 Å². The van der Waals surface area contributed by atoms with E-state index in [1.165, 1.54) is 12.3 Å². The van der Waals surface area contributed by atoms with E-state index in [-0.39, 0.29) is 5.69 Å². The van der Waals surface area contributed by atoms with E-state index in [1.807, 2.05) is 12.3 Å². The molecule has 0 saturated heterocycles. The van der Waals surface area contributed by atoms with E-state index in [0.29, 0.717) is 6.42 Å². The Labute approximate surface area is 133 Å². The van der Waals surface area contributed by atoms with Gasteiger partial charge in [-0.1, -0.05) is 13.0 Å². The molecule has 8 heteroatoms. The lowest BCUT2D eigenvalue weighted by atomic mass is 9.91. The van der Waals surface area contributed by atoms with Gasteiger partial charge in [0, 0.05) is 12.2 Å². The summed E-state index contributed by atoms with van der Waals surface area (Å²) in [5.41, 5.74) is 8.01. The molecule has 0 saturated carbocycles. The number of Topliss-reactive ketones (excluding diaryl/α,β-unsaturated/α-hetero) is 1. The van der Waals surface area contributed by atoms with Crippen LogP contribution in [0.1, 0.15) is 25.0 Å². The highest BCUT2D eigenvalue weighted by Crippen LogP contribution is 2.18. The zero-order chi connectivity index (χ0) is 16.5. The molecule has 2 unspecified atom stereocenters. The van der Waals surface area contributed by atoms with Gasteiger partial charge < -0.3 is 10.8 Å². The number of carbonyl (C=O) groups excluding carboxylic acids is 2. The number of nitrogens with zero attached hydrogens (tertiary/aromatic N) is 1. The highest BCUT2D eigenvalue weighted by atomic mass is 32.2. The molecule has 0 aliphatic carbocycles. The number of hydrazine groups is 1. The maximum Gasteiger partial charge on any atom is 0.250 e. The molecule has 0 bridgehead atoms. The number of hydrogen-bond acceptors (Lipinski definition) is 7. The molecule has 0 aliphatic rings. The normalized spacial score (nSPS) is 14.9. The maximum absolute atomic E-state index is 12.4. The van der Waals surface area contributed by atoms with Gasteiger partial charge in [0.15, 0.2) is 5.78 Å². The van der Waals surface area contributed by atoms with Crippen LogP contribution in [-0.2, 0) is 9.59 Å². The van der Waals surface area contributed by atoms with Gasteiger partial charge in [-0.3, -0.25) is 20.0 Å². The number of nitrogens with two attached hydrogens (primary N) is 2. The molecular formula is C14H22N4O3S. The largest absolute Gasteiger partial charge is 0.384 e. The molecule has 1 heterocycles.